The highest BCUT2D eigenvalue weighted by molar-refractivity contribution is 6.09. The van der Waals surface area contributed by atoms with Crippen LogP contribution in [0.4, 0.5) is 4.39 Å². The van der Waals surface area contributed by atoms with Gasteiger partial charge in [0.05, 0.1) is 22.4 Å². The first-order valence-corrected chi connectivity index (χ1v) is 16.5. The fraction of sp³-hybridized carbons (Fsp3) is 0.220. The van der Waals surface area contributed by atoms with Crippen molar-refractivity contribution in [3.8, 4) is 34.1 Å². The van der Waals surface area contributed by atoms with Crippen molar-refractivity contribution in [3.05, 3.63) is 132 Å². The van der Waals surface area contributed by atoms with E-state index in [0.717, 1.165) is 56.4 Å². The van der Waals surface area contributed by atoms with Crippen LogP contribution in [0.5, 0.6) is 11.5 Å². The molecule has 0 spiro atoms. The molecular weight excluding hydrogens is 583 g/mol. The summed E-state index contributed by atoms with van der Waals surface area (Å²) < 4.78 is 25.0. The number of hydrogen-bond donors (Lipinski definition) is 0. The third-order valence-corrected chi connectivity index (χ3v) is 9.16. The van der Waals surface area contributed by atoms with Crippen LogP contribution in [-0.2, 0) is 0 Å². The van der Waals surface area contributed by atoms with Crippen LogP contribution in [0.3, 0.4) is 0 Å². The Morgan fingerprint density at radius 2 is 1.62 bits per heavy atom. The van der Waals surface area contributed by atoms with Crippen molar-refractivity contribution < 1.29 is 9.13 Å². The molecule has 0 aliphatic rings. The number of nitrogens with zero attached hydrogens (tertiary/aromatic N) is 4. The molecular formula is C41H39FN4O. The van der Waals surface area contributed by atoms with E-state index in [1.807, 2.05) is 58.6 Å². The molecule has 0 radical (unpaired) electrons. The number of benzene rings is 4. The standard InChI is InChI=1S/C41H39FN4O/c1-5-6-8-12-27(2)31-17-20-38-37(23-31)36-19-18-35(26-39(36)45(38)40-24-32(42)21-22-43-40)47-34-16-11-15-33(25-34)46-29(4)41(28(3)44-46)30-13-9-7-10-14-30/h7,9-11,13-27H,5-6,8,12H2,1-4H3. The molecule has 0 saturated heterocycles. The van der Waals surface area contributed by atoms with Gasteiger partial charge >= 0.3 is 0 Å². The zero-order valence-electron chi connectivity index (χ0n) is 27.4. The second kappa shape index (κ2) is 12.9. The first-order valence-electron chi connectivity index (χ1n) is 16.5. The molecule has 0 aliphatic carbocycles. The molecule has 5 nitrogen and oxygen atoms in total. The van der Waals surface area contributed by atoms with Crippen molar-refractivity contribution in [1.82, 2.24) is 19.3 Å². The first-order chi connectivity index (χ1) is 22.9. The van der Waals surface area contributed by atoms with Crippen molar-refractivity contribution in [3.63, 3.8) is 0 Å². The molecule has 0 amide bonds. The summed E-state index contributed by atoms with van der Waals surface area (Å²) in [7, 11) is 0. The van der Waals surface area contributed by atoms with Gasteiger partial charge in [-0.2, -0.15) is 5.10 Å². The minimum atomic E-state index is -0.324. The van der Waals surface area contributed by atoms with E-state index in [1.54, 1.807) is 0 Å². The summed E-state index contributed by atoms with van der Waals surface area (Å²) in [6, 6.07) is 34.0. The lowest BCUT2D eigenvalue weighted by Gasteiger charge is -2.12. The Bertz CT molecular complexity index is 2200. The maximum absolute atomic E-state index is 14.5. The fourth-order valence-corrected chi connectivity index (χ4v) is 6.75. The number of aryl methyl sites for hydroxylation is 1. The molecule has 3 aromatic heterocycles. The van der Waals surface area contributed by atoms with Gasteiger partial charge in [0, 0.05) is 46.4 Å². The number of aromatic nitrogens is 4. The lowest BCUT2D eigenvalue weighted by molar-refractivity contribution is 0.482. The van der Waals surface area contributed by atoms with E-state index in [9.17, 15) is 4.39 Å². The van der Waals surface area contributed by atoms with E-state index in [-0.39, 0.29) is 5.82 Å². The van der Waals surface area contributed by atoms with Crippen LogP contribution in [0.1, 0.15) is 62.4 Å². The molecule has 236 valence electrons. The van der Waals surface area contributed by atoms with Crippen molar-refractivity contribution in [2.24, 2.45) is 0 Å². The van der Waals surface area contributed by atoms with E-state index >= 15 is 0 Å². The lowest BCUT2D eigenvalue weighted by atomic mass is 9.94. The number of unbranched alkanes of at least 4 members (excludes halogenated alkanes) is 2. The molecule has 47 heavy (non-hydrogen) atoms. The number of fused-ring (bicyclic) bond motifs is 3. The predicted molar refractivity (Wildman–Crippen MR) is 190 cm³/mol. The van der Waals surface area contributed by atoms with Gasteiger partial charge in [-0.1, -0.05) is 75.6 Å². The highest BCUT2D eigenvalue weighted by Crippen LogP contribution is 2.37. The van der Waals surface area contributed by atoms with Gasteiger partial charge in [-0.05, 0) is 79.8 Å². The quantitative estimate of drug-likeness (QED) is 0.143. The van der Waals surface area contributed by atoms with Gasteiger partial charge in [0.1, 0.15) is 23.1 Å². The average molecular weight is 623 g/mol. The van der Waals surface area contributed by atoms with Crippen molar-refractivity contribution in [2.45, 2.75) is 59.3 Å². The zero-order valence-corrected chi connectivity index (χ0v) is 27.4. The fourth-order valence-electron chi connectivity index (χ4n) is 6.75. The van der Waals surface area contributed by atoms with Crippen LogP contribution < -0.4 is 4.74 Å². The average Bonchev–Trinajstić information content (AvgIpc) is 3.57. The molecule has 4 aromatic carbocycles. The highest BCUT2D eigenvalue weighted by Gasteiger charge is 2.18. The zero-order chi connectivity index (χ0) is 32.5. The summed E-state index contributed by atoms with van der Waals surface area (Å²) in [4.78, 5) is 4.56. The Hall–Kier alpha value is -5.23. The van der Waals surface area contributed by atoms with Gasteiger partial charge < -0.3 is 4.74 Å². The molecule has 0 N–H and O–H groups in total. The normalized spacial score (nSPS) is 12.2. The van der Waals surface area contributed by atoms with Gasteiger partial charge in [0.2, 0.25) is 0 Å². The van der Waals surface area contributed by atoms with Crippen LogP contribution in [0.15, 0.2) is 109 Å². The van der Waals surface area contributed by atoms with Crippen molar-refractivity contribution in [2.75, 3.05) is 0 Å². The Morgan fingerprint density at radius 3 is 2.43 bits per heavy atom. The summed E-state index contributed by atoms with van der Waals surface area (Å²) in [5.41, 5.74) is 8.47. The predicted octanol–water partition coefficient (Wildman–Crippen LogP) is 11.3. The largest absolute Gasteiger partial charge is 0.457 e. The Morgan fingerprint density at radius 1 is 0.787 bits per heavy atom. The van der Waals surface area contributed by atoms with Crippen LogP contribution in [0, 0.1) is 19.7 Å². The number of pyridine rings is 1. The topological polar surface area (TPSA) is 44.9 Å². The van der Waals surface area contributed by atoms with E-state index in [1.165, 1.54) is 43.2 Å². The van der Waals surface area contributed by atoms with Crippen LogP contribution >= 0.6 is 0 Å². The third kappa shape index (κ3) is 5.92. The minimum Gasteiger partial charge on any atom is -0.457 e. The molecule has 0 aliphatic heterocycles. The Kier molecular flexibility index (Phi) is 8.33. The van der Waals surface area contributed by atoms with Crippen LogP contribution in [0.25, 0.3) is 44.4 Å². The smallest absolute Gasteiger partial charge is 0.140 e. The van der Waals surface area contributed by atoms with Crippen LogP contribution in [-0.4, -0.2) is 19.3 Å². The third-order valence-electron chi connectivity index (χ3n) is 9.16. The maximum Gasteiger partial charge on any atom is 0.140 e. The molecule has 1 atom stereocenters. The van der Waals surface area contributed by atoms with Gasteiger partial charge in [-0.3, -0.25) is 4.57 Å². The molecule has 0 bridgehead atoms. The number of hydrogen-bond acceptors (Lipinski definition) is 3. The van der Waals surface area contributed by atoms with Gasteiger partial charge in [-0.25, -0.2) is 14.1 Å². The summed E-state index contributed by atoms with van der Waals surface area (Å²) in [5, 5.41) is 7.08. The minimum absolute atomic E-state index is 0.324. The molecule has 1 unspecified atom stereocenters. The Balaban J connectivity index is 1.27. The number of halogens is 1. The molecule has 0 saturated carbocycles. The summed E-state index contributed by atoms with van der Waals surface area (Å²) in [5.74, 6) is 2.05. The van der Waals surface area contributed by atoms with E-state index in [0.29, 0.717) is 23.2 Å². The molecule has 7 aromatic rings. The SMILES string of the molecule is CCCCCC(C)c1ccc2c(c1)c1ccc(Oc3cccc(-n4nc(C)c(-c5ccccc5)c4C)c3)cc1n2-c1cc(F)ccn1. The summed E-state index contributed by atoms with van der Waals surface area (Å²) >= 11 is 0. The number of rotatable bonds is 10. The Labute approximate surface area is 275 Å². The second-order valence-electron chi connectivity index (χ2n) is 12.4. The van der Waals surface area contributed by atoms with Crippen molar-refractivity contribution in [1.29, 1.82) is 0 Å². The monoisotopic (exact) mass is 622 g/mol. The van der Waals surface area contributed by atoms with Crippen molar-refractivity contribution >= 4 is 21.8 Å². The maximum atomic E-state index is 14.5. The molecule has 3 heterocycles. The molecule has 6 heteroatoms. The molecule has 7 rings (SSSR count). The summed E-state index contributed by atoms with van der Waals surface area (Å²) in [6.07, 6.45) is 6.36. The molecule has 0 fully saturated rings. The van der Waals surface area contributed by atoms with Gasteiger partial charge in [0.25, 0.3) is 0 Å². The van der Waals surface area contributed by atoms with E-state index < -0.39 is 0 Å². The summed E-state index contributed by atoms with van der Waals surface area (Å²) in [6.45, 7) is 8.69. The van der Waals surface area contributed by atoms with Crippen LogP contribution in [0.2, 0.25) is 0 Å². The van der Waals surface area contributed by atoms with E-state index in [4.69, 9.17) is 9.84 Å². The highest BCUT2D eigenvalue weighted by atomic mass is 19.1. The first kappa shape index (κ1) is 30.4. The van der Waals surface area contributed by atoms with Gasteiger partial charge in [-0.15, -0.1) is 0 Å². The lowest BCUT2D eigenvalue weighted by Crippen LogP contribution is -2.00. The second-order valence-corrected chi connectivity index (χ2v) is 12.4. The van der Waals surface area contributed by atoms with E-state index in [2.05, 4.69) is 74.3 Å². The van der Waals surface area contributed by atoms with Gasteiger partial charge in [0.15, 0.2) is 0 Å². The number of ether oxygens (including phenoxy) is 1.